The number of Topliss-reactive ketones (excluding diaryl/α,β-unsaturated/α-hetero) is 2. The topological polar surface area (TPSA) is 76.2 Å². The number of hydrogen-bond donors (Lipinski definition) is 1. The number of aromatic nitrogens is 1. The second-order valence-corrected chi connectivity index (χ2v) is 6.46. The van der Waals surface area contributed by atoms with Crippen LogP contribution in [0.3, 0.4) is 0 Å². The van der Waals surface area contributed by atoms with Crippen molar-refractivity contribution in [3.8, 4) is 0 Å². The highest BCUT2D eigenvalue weighted by molar-refractivity contribution is 6.31. The fourth-order valence-corrected chi connectivity index (χ4v) is 3.10. The summed E-state index contributed by atoms with van der Waals surface area (Å²) >= 11 is 5.89. The summed E-state index contributed by atoms with van der Waals surface area (Å²) in [5.41, 5.74) is 1.78. The highest BCUT2D eigenvalue weighted by atomic mass is 35.5. The van der Waals surface area contributed by atoms with E-state index in [4.69, 9.17) is 16.3 Å². The second-order valence-electron chi connectivity index (χ2n) is 6.05. The van der Waals surface area contributed by atoms with E-state index in [0.29, 0.717) is 16.8 Å². The number of aromatic amines is 1. The molecule has 0 aliphatic carbocycles. The third-order valence-electron chi connectivity index (χ3n) is 4.10. The summed E-state index contributed by atoms with van der Waals surface area (Å²) in [6, 6.07) is 4.09. The maximum atomic E-state index is 13.8. The Hall–Kier alpha value is -2.47. The molecule has 2 aromatic rings. The lowest BCUT2D eigenvalue weighted by molar-refractivity contribution is -0.145. The molecule has 0 aliphatic rings. The van der Waals surface area contributed by atoms with E-state index < -0.39 is 23.7 Å². The van der Waals surface area contributed by atoms with E-state index in [1.807, 2.05) is 0 Å². The zero-order valence-electron chi connectivity index (χ0n) is 14.9. The smallest absolute Gasteiger partial charge is 0.311 e. The molecule has 26 heavy (non-hydrogen) atoms. The van der Waals surface area contributed by atoms with Crippen LogP contribution in [0.4, 0.5) is 4.39 Å². The van der Waals surface area contributed by atoms with Crippen molar-refractivity contribution in [1.29, 1.82) is 0 Å². The molecular weight excluding hydrogens is 361 g/mol. The van der Waals surface area contributed by atoms with Crippen molar-refractivity contribution >= 4 is 29.1 Å². The fourth-order valence-electron chi connectivity index (χ4n) is 2.87. The van der Waals surface area contributed by atoms with Crippen LogP contribution < -0.4 is 0 Å². The zero-order valence-corrected chi connectivity index (χ0v) is 15.7. The maximum Gasteiger partial charge on any atom is 0.311 e. The highest BCUT2D eigenvalue weighted by Crippen LogP contribution is 2.22. The summed E-state index contributed by atoms with van der Waals surface area (Å²) in [7, 11) is 0. The van der Waals surface area contributed by atoms with E-state index >= 15 is 0 Å². The van der Waals surface area contributed by atoms with Crippen molar-refractivity contribution < 1.29 is 23.5 Å². The summed E-state index contributed by atoms with van der Waals surface area (Å²) in [4.78, 5) is 39.2. The van der Waals surface area contributed by atoms with E-state index in [0.717, 1.165) is 0 Å². The van der Waals surface area contributed by atoms with Crippen LogP contribution in [-0.4, -0.2) is 28.6 Å². The molecule has 0 saturated heterocycles. The molecule has 0 bridgehead atoms. The van der Waals surface area contributed by atoms with Crippen LogP contribution in [0.1, 0.15) is 51.5 Å². The number of esters is 1. The number of ketones is 2. The Morgan fingerprint density at radius 3 is 2.46 bits per heavy atom. The number of nitrogens with one attached hydrogen (secondary N) is 1. The van der Waals surface area contributed by atoms with E-state index in [1.165, 1.54) is 32.0 Å². The number of carbonyl (C=O) groups is 3. The van der Waals surface area contributed by atoms with Crippen molar-refractivity contribution in [1.82, 2.24) is 4.98 Å². The maximum absolute atomic E-state index is 13.8. The monoisotopic (exact) mass is 379 g/mol. The molecular formula is C19H19ClFNO4. The molecule has 1 atom stereocenters. The Balaban J connectivity index is 2.13. The van der Waals surface area contributed by atoms with Gasteiger partial charge in [-0.15, -0.1) is 0 Å². The number of aryl methyl sites for hydroxylation is 1. The molecule has 1 heterocycles. The van der Waals surface area contributed by atoms with Crippen molar-refractivity contribution in [3.05, 3.63) is 57.1 Å². The van der Waals surface area contributed by atoms with Crippen LogP contribution in [0.25, 0.3) is 0 Å². The van der Waals surface area contributed by atoms with Crippen LogP contribution in [0, 0.1) is 19.7 Å². The quantitative estimate of drug-likeness (QED) is 0.608. The van der Waals surface area contributed by atoms with E-state index in [2.05, 4.69) is 4.98 Å². The highest BCUT2D eigenvalue weighted by Gasteiger charge is 2.26. The molecule has 0 saturated carbocycles. The minimum absolute atomic E-state index is 0.0181. The molecule has 0 amide bonds. The summed E-state index contributed by atoms with van der Waals surface area (Å²) in [5.74, 6) is -2.01. The first kappa shape index (κ1) is 19.8. The Morgan fingerprint density at radius 2 is 1.92 bits per heavy atom. The number of H-pyrrole nitrogens is 1. The molecule has 7 heteroatoms. The lowest BCUT2D eigenvalue weighted by Gasteiger charge is -2.13. The van der Waals surface area contributed by atoms with Crippen LogP contribution in [0.15, 0.2) is 18.2 Å². The van der Waals surface area contributed by atoms with Crippen LogP contribution in [-0.2, 0) is 16.0 Å². The fraction of sp³-hybridized carbons (Fsp3) is 0.316. The van der Waals surface area contributed by atoms with Gasteiger partial charge in [0.05, 0.1) is 12.1 Å². The van der Waals surface area contributed by atoms with Gasteiger partial charge in [-0.3, -0.25) is 14.4 Å². The van der Waals surface area contributed by atoms with E-state index in [9.17, 15) is 18.8 Å². The number of carbonyl (C=O) groups excluding carboxylic acids is 3. The Labute approximate surface area is 155 Å². The first-order valence-corrected chi connectivity index (χ1v) is 8.38. The first-order valence-electron chi connectivity index (χ1n) is 8.00. The molecule has 0 radical (unpaired) electrons. The van der Waals surface area contributed by atoms with Gasteiger partial charge in [-0.25, -0.2) is 4.39 Å². The molecule has 0 spiro atoms. The molecule has 0 fully saturated rings. The summed E-state index contributed by atoms with van der Waals surface area (Å²) in [6.07, 6.45) is -1.48. The standard InChI is InChI=1S/C19H19ClFNO4/c1-9-17(11(3)23)10(2)22-18(9)19(25)12(4)26-16(24)8-13-14(20)6-5-7-15(13)21/h5-7,12,22H,8H2,1-4H3/t12-/m0/s1. The van der Waals surface area contributed by atoms with Gasteiger partial charge in [0.15, 0.2) is 11.9 Å². The van der Waals surface area contributed by atoms with Crippen LogP contribution in [0.5, 0.6) is 0 Å². The first-order chi connectivity index (χ1) is 12.1. The van der Waals surface area contributed by atoms with Gasteiger partial charge < -0.3 is 9.72 Å². The normalized spacial score (nSPS) is 11.9. The van der Waals surface area contributed by atoms with Crippen molar-refractivity contribution in [2.24, 2.45) is 0 Å². The van der Waals surface area contributed by atoms with Crippen molar-refractivity contribution in [2.75, 3.05) is 0 Å². The molecule has 1 N–H and O–H groups in total. The SMILES string of the molecule is CC(=O)c1c(C)[nH]c(C(=O)[C@H](C)OC(=O)Cc2c(F)cccc2Cl)c1C. The minimum Gasteiger partial charge on any atom is -0.454 e. The number of hydrogen-bond acceptors (Lipinski definition) is 4. The third-order valence-corrected chi connectivity index (χ3v) is 4.45. The largest absolute Gasteiger partial charge is 0.454 e. The van der Waals surface area contributed by atoms with Gasteiger partial charge in [0.25, 0.3) is 0 Å². The van der Waals surface area contributed by atoms with Gasteiger partial charge in [0.2, 0.25) is 5.78 Å². The third kappa shape index (κ3) is 4.02. The van der Waals surface area contributed by atoms with Gasteiger partial charge in [-0.05, 0) is 45.4 Å². The van der Waals surface area contributed by atoms with Gasteiger partial charge in [-0.2, -0.15) is 0 Å². The Bertz CT molecular complexity index is 868. The lowest BCUT2D eigenvalue weighted by atomic mass is 10.0. The number of ether oxygens (including phenoxy) is 1. The predicted molar refractivity (Wildman–Crippen MR) is 95.3 cm³/mol. The van der Waals surface area contributed by atoms with Crippen molar-refractivity contribution in [3.63, 3.8) is 0 Å². The summed E-state index contributed by atoms with van der Waals surface area (Å²) < 4.78 is 18.9. The van der Waals surface area contributed by atoms with E-state index in [1.54, 1.807) is 13.8 Å². The van der Waals surface area contributed by atoms with Gasteiger partial charge in [-0.1, -0.05) is 17.7 Å². The van der Waals surface area contributed by atoms with Crippen molar-refractivity contribution in [2.45, 2.75) is 40.2 Å². The van der Waals surface area contributed by atoms with Crippen LogP contribution in [0.2, 0.25) is 5.02 Å². The molecule has 1 aromatic heterocycles. The van der Waals surface area contributed by atoms with Gasteiger partial charge >= 0.3 is 5.97 Å². The lowest BCUT2D eigenvalue weighted by Crippen LogP contribution is -2.26. The Morgan fingerprint density at radius 1 is 1.27 bits per heavy atom. The predicted octanol–water partition coefficient (Wildman–Crippen LogP) is 3.98. The Kier molecular flexibility index (Phi) is 5.97. The minimum atomic E-state index is -1.09. The number of halogens is 2. The summed E-state index contributed by atoms with van der Waals surface area (Å²) in [6.45, 7) is 6.18. The molecule has 0 unspecified atom stereocenters. The molecule has 5 nitrogen and oxygen atoms in total. The van der Waals surface area contributed by atoms with E-state index in [-0.39, 0.29) is 28.5 Å². The number of rotatable bonds is 6. The number of benzene rings is 1. The van der Waals surface area contributed by atoms with Crippen LogP contribution >= 0.6 is 11.6 Å². The molecule has 2 rings (SSSR count). The molecule has 0 aliphatic heterocycles. The average Bonchev–Trinajstić information content (AvgIpc) is 2.85. The molecule has 138 valence electrons. The van der Waals surface area contributed by atoms with Gasteiger partial charge in [0.1, 0.15) is 5.82 Å². The zero-order chi connectivity index (χ0) is 19.6. The van der Waals surface area contributed by atoms with Gasteiger partial charge in [0, 0.05) is 21.8 Å². The second kappa shape index (κ2) is 7.83. The summed E-state index contributed by atoms with van der Waals surface area (Å²) in [5, 5.41) is 0.114. The molecule has 1 aromatic carbocycles. The average molecular weight is 380 g/mol.